The standard InChI is InChI=1S/C8H15O4P/c1-2-3-8(13,4-6(9)10)5-7(11)12/h2-5,13H2,1H3,(H,9,10)(H,11,12). The van der Waals surface area contributed by atoms with E-state index in [1.54, 1.807) is 0 Å². The van der Waals surface area contributed by atoms with Crippen molar-refractivity contribution in [2.75, 3.05) is 0 Å². The molecular formula is C8H15O4P. The molecule has 0 saturated carbocycles. The molecule has 5 heteroatoms. The molecule has 0 heterocycles. The number of carboxylic acid groups (broad SMARTS) is 2. The Morgan fingerprint density at radius 1 is 1.23 bits per heavy atom. The van der Waals surface area contributed by atoms with Crippen molar-refractivity contribution in [3.63, 3.8) is 0 Å². The van der Waals surface area contributed by atoms with Gasteiger partial charge in [0.05, 0.1) is 12.8 Å². The normalized spacial score (nSPS) is 11.2. The van der Waals surface area contributed by atoms with Crippen LogP contribution in [-0.2, 0) is 9.59 Å². The third-order valence-electron chi connectivity index (χ3n) is 1.75. The van der Waals surface area contributed by atoms with E-state index in [0.717, 1.165) is 6.42 Å². The summed E-state index contributed by atoms with van der Waals surface area (Å²) in [4.78, 5) is 20.9. The Bertz CT molecular complexity index is 186. The molecule has 0 rings (SSSR count). The quantitative estimate of drug-likeness (QED) is 0.643. The molecule has 0 aromatic rings. The average Bonchev–Trinajstić information content (AvgIpc) is 1.81. The van der Waals surface area contributed by atoms with Crippen molar-refractivity contribution >= 4 is 21.2 Å². The maximum absolute atomic E-state index is 10.5. The topological polar surface area (TPSA) is 74.6 Å². The van der Waals surface area contributed by atoms with Crippen LogP contribution in [0.5, 0.6) is 0 Å². The van der Waals surface area contributed by atoms with Crippen LogP contribution in [0.1, 0.15) is 32.6 Å². The van der Waals surface area contributed by atoms with E-state index >= 15 is 0 Å². The van der Waals surface area contributed by atoms with Crippen LogP contribution in [0.3, 0.4) is 0 Å². The molecule has 0 aromatic heterocycles. The molecule has 0 saturated heterocycles. The molecule has 0 aromatic carbocycles. The number of carboxylic acids is 2. The Morgan fingerprint density at radius 3 is 1.85 bits per heavy atom. The predicted octanol–water partition coefficient (Wildman–Crippen LogP) is 1.35. The van der Waals surface area contributed by atoms with Gasteiger partial charge in [-0.1, -0.05) is 13.3 Å². The molecule has 0 fully saturated rings. The van der Waals surface area contributed by atoms with Crippen LogP contribution < -0.4 is 0 Å². The Morgan fingerprint density at radius 2 is 1.62 bits per heavy atom. The van der Waals surface area contributed by atoms with E-state index < -0.39 is 17.1 Å². The average molecular weight is 206 g/mol. The van der Waals surface area contributed by atoms with E-state index in [1.807, 2.05) is 6.92 Å². The van der Waals surface area contributed by atoms with Crippen molar-refractivity contribution < 1.29 is 19.8 Å². The molecule has 13 heavy (non-hydrogen) atoms. The van der Waals surface area contributed by atoms with Crippen molar-refractivity contribution in [2.24, 2.45) is 0 Å². The zero-order chi connectivity index (χ0) is 10.5. The van der Waals surface area contributed by atoms with Gasteiger partial charge >= 0.3 is 11.9 Å². The molecule has 0 spiro atoms. The Hall–Kier alpha value is -0.630. The number of aliphatic carboxylic acids is 2. The molecular weight excluding hydrogens is 191 g/mol. The van der Waals surface area contributed by atoms with Crippen LogP contribution in [0.2, 0.25) is 0 Å². The first kappa shape index (κ1) is 12.4. The lowest BCUT2D eigenvalue weighted by atomic mass is 9.95. The van der Waals surface area contributed by atoms with E-state index in [1.165, 1.54) is 0 Å². The first-order valence-electron chi connectivity index (χ1n) is 4.12. The van der Waals surface area contributed by atoms with Gasteiger partial charge in [-0.05, 0) is 6.42 Å². The summed E-state index contributed by atoms with van der Waals surface area (Å²) in [6.45, 7) is 1.91. The fourth-order valence-electron chi connectivity index (χ4n) is 1.34. The maximum atomic E-state index is 10.5. The maximum Gasteiger partial charge on any atom is 0.304 e. The molecule has 1 atom stereocenters. The number of rotatable bonds is 6. The van der Waals surface area contributed by atoms with E-state index in [2.05, 4.69) is 9.24 Å². The summed E-state index contributed by atoms with van der Waals surface area (Å²) in [5.41, 5.74) is 0. The van der Waals surface area contributed by atoms with Gasteiger partial charge < -0.3 is 10.2 Å². The van der Waals surface area contributed by atoms with Gasteiger partial charge in [0.15, 0.2) is 0 Å². The third-order valence-corrected chi connectivity index (χ3v) is 2.45. The molecule has 0 bridgehead atoms. The van der Waals surface area contributed by atoms with Crippen LogP contribution in [0.4, 0.5) is 0 Å². The summed E-state index contributed by atoms with van der Waals surface area (Å²) >= 11 is 0. The minimum atomic E-state index is -0.954. The van der Waals surface area contributed by atoms with Gasteiger partial charge in [-0.2, -0.15) is 0 Å². The van der Waals surface area contributed by atoms with Crippen molar-refractivity contribution in [3.05, 3.63) is 0 Å². The van der Waals surface area contributed by atoms with Crippen LogP contribution >= 0.6 is 9.24 Å². The van der Waals surface area contributed by atoms with Crippen molar-refractivity contribution in [3.8, 4) is 0 Å². The largest absolute Gasteiger partial charge is 0.481 e. The monoisotopic (exact) mass is 206 g/mol. The zero-order valence-electron chi connectivity index (χ0n) is 7.62. The SMILES string of the molecule is CCCC(P)(CC(=O)O)CC(=O)O. The minimum absolute atomic E-state index is 0.113. The molecule has 0 amide bonds. The van der Waals surface area contributed by atoms with Crippen LogP contribution in [0.15, 0.2) is 0 Å². The van der Waals surface area contributed by atoms with Crippen molar-refractivity contribution in [1.29, 1.82) is 0 Å². The molecule has 0 aliphatic rings. The fraction of sp³-hybridized carbons (Fsp3) is 0.750. The van der Waals surface area contributed by atoms with Crippen molar-refractivity contribution in [1.82, 2.24) is 0 Å². The van der Waals surface area contributed by atoms with E-state index in [-0.39, 0.29) is 12.8 Å². The number of carbonyl (C=O) groups is 2. The van der Waals surface area contributed by atoms with Gasteiger partial charge in [0.2, 0.25) is 0 Å². The molecule has 76 valence electrons. The lowest BCUT2D eigenvalue weighted by Gasteiger charge is -2.24. The van der Waals surface area contributed by atoms with E-state index in [4.69, 9.17) is 10.2 Å². The Kier molecular flexibility index (Phi) is 4.92. The van der Waals surface area contributed by atoms with Crippen LogP contribution in [-0.4, -0.2) is 27.3 Å². The fourth-order valence-corrected chi connectivity index (χ4v) is 1.98. The Balaban J connectivity index is 4.32. The highest BCUT2D eigenvalue weighted by Gasteiger charge is 2.29. The second-order valence-electron chi connectivity index (χ2n) is 3.25. The van der Waals surface area contributed by atoms with Gasteiger partial charge in [-0.15, -0.1) is 9.24 Å². The van der Waals surface area contributed by atoms with Gasteiger partial charge in [0.25, 0.3) is 0 Å². The predicted molar refractivity (Wildman–Crippen MR) is 51.9 cm³/mol. The van der Waals surface area contributed by atoms with Gasteiger partial charge in [-0.25, -0.2) is 0 Å². The molecule has 1 unspecified atom stereocenters. The van der Waals surface area contributed by atoms with E-state index in [0.29, 0.717) is 6.42 Å². The summed E-state index contributed by atoms with van der Waals surface area (Å²) in [6, 6.07) is 0. The van der Waals surface area contributed by atoms with E-state index in [9.17, 15) is 9.59 Å². The Labute approximate surface area is 79.5 Å². The molecule has 4 nitrogen and oxygen atoms in total. The minimum Gasteiger partial charge on any atom is -0.481 e. The van der Waals surface area contributed by atoms with Crippen LogP contribution in [0.25, 0.3) is 0 Å². The highest BCUT2D eigenvalue weighted by molar-refractivity contribution is 7.19. The highest BCUT2D eigenvalue weighted by Crippen LogP contribution is 2.32. The van der Waals surface area contributed by atoms with Gasteiger partial charge in [-0.3, -0.25) is 9.59 Å². The third kappa shape index (κ3) is 5.58. The highest BCUT2D eigenvalue weighted by atomic mass is 31.0. The summed E-state index contributed by atoms with van der Waals surface area (Å²) < 4.78 is 0. The smallest absolute Gasteiger partial charge is 0.304 e. The number of hydrogen-bond acceptors (Lipinski definition) is 2. The lowest BCUT2D eigenvalue weighted by molar-refractivity contribution is -0.139. The molecule has 0 radical (unpaired) electrons. The first-order chi connectivity index (χ1) is 5.89. The molecule has 0 aliphatic carbocycles. The lowest BCUT2D eigenvalue weighted by Crippen LogP contribution is -2.27. The molecule has 2 N–H and O–H groups in total. The van der Waals surface area contributed by atoms with Gasteiger partial charge in [0.1, 0.15) is 0 Å². The number of hydrogen-bond donors (Lipinski definition) is 2. The summed E-state index contributed by atoms with van der Waals surface area (Å²) in [7, 11) is 2.36. The van der Waals surface area contributed by atoms with Gasteiger partial charge in [0, 0.05) is 5.16 Å². The summed E-state index contributed by atoms with van der Waals surface area (Å²) in [5.74, 6) is -1.91. The first-order valence-corrected chi connectivity index (χ1v) is 4.70. The second kappa shape index (κ2) is 5.18. The van der Waals surface area contributed by atoms with Crippen molar-refractivity contribution in [2.45, 2.75) is 37.8 Å². The summed E-state index contributed by atoms with van der Waals surface area (Å²) in [6.07, 6.45) is 1.15. The molecule has 0 aliphatic heterocycles. The second-order valence-corrected chi connectivity index (χ2v) is 4.48. The summed E-state index contributed by atoms with van der Waals surface area (Å²) in [5, 5.41) is 16.5. The van der Waals surface area contributed by atoms with Crippen LogP contribution in [0, 0.1) is 0 Å². The zero-order valence-corrected chi connectivity index (χ0v) is 8.77.